The van der Waals surface area contributed by atoms with Crippen LogP contribution in [0.15, 0.2) is 54.6 Å². The first-order valence-corrected chi connectivity index (χ1v) is 11.1. The molecule has 0 aliphatic carbocycles. The number of para-hydroxylation sites is 1. The molecule has 31 heavy (non-hydrogen) atoms. The Kier molecular flexibility index (Phi) is 5.80. The highest BCUT2D eigenvalue weighted by Gasteiger charge is 2.26. The highest BCUT2D eigenvalue weighted by Crippen LogP contribution is 2.32. The molecule has 2 aliphatic heterocycles. The summed E-state index contributed by atoms with van der Waals surface area (Å²) in [4.78, 5) is 14.5. The highest BCUT2D eigenvalue weighted by atomic mass is 19.1. The van der Waals surface area contributed by atoms with E-state index in [0.717, 1.165) is 67.7 Å². The van der Waals surface area contributed by atoms with Gasteiger partial charge in [-0.2, -0.15) is 4.98 Å². The molecule has 0 unspecified atom stereocenters. The Hall–Kier alpha value is -2.99. The molecule has 3 aromatic rings. The normalized spacial score (nSPS) is 16.7. The standard InChI is InChI=1S/C25H27FN4O/c26-20-11-9-19(10-12-20)17-29-16-13-23-22(18-29)24(31-21-7-3-1-4-8-21)28-25(27-23)30-14-5-2-6-15-30/h1,3-4,7-12H,2,5-6,13-18H2. The fraction of sp³-hybridized carbons (Fsp3) is 0.360. The van der Waals surface area contributed by atoms with E-state index in [0.29, 0.717) is 5.88 Å². The number of anilines is 1. The molecule has 5 nitrogen and oxygen atoms in total. The van der Waals surface area contributed by atoms with Crippen LogP contribution in [0.5, 0.6) is 11.6 Å². The Morgan fingerprint density at radius 2 is 1.65 bits per heavy atom. The molecule has 160 valence electrons. The Labute approximate surface area is 182 Å². The summed E-state index contributed by atoms with van der Waals surface area (Å²) in [6.45, 7) is 4.39. The number of nitrogens with zero attached hydrogens (tertiary/aromatic N) is 4. The summed E-state index contributed by atoms with van der Waals surface area (Å²) in [5.41, 5.74) is 3.23. The van der Waals surface area contributed by atoms with Crippen LogP contribution in [0, 0.1) is 5.82 Å². The molecule has 0 bridgehead atoms. The van der Waals surface area contributed by atoms with E-state index in [2.05, 4.69) is 9.80 Å². The molecular weight excluding hydrogens is 391 g/mol. The first kappa shape index (κ1) is 19.9. The molecule has 2 aliphatic rings. The fourth-order valence-corrected chi connectivity index (χ4v) is 4.33. The zero-order chi connectivity index (χ0) is 21.0. The van der Waals surface area contributed by atoms with Crippen molar-refractivity contribution in [3.8, 4) is 11.6 Å². The van der Waals surface area contributed by atoms with Crippen molar-refractivity contribution < 1.29 is 9.13 Å². The minimum absolute atomic E-state index is 0.204. The van der Waals surface area contributed by atoms with E-state index in [1.807, 2.05) is 42.5 Å². The molecule has 6 heteroatoms. The third-order valence-electron chi connectivity index (χ3n) is 6.01. The zero-order valence-corrected chi connectivity index (χ0v) is 17.6. The molecule has 3 heterocycles. The van der Waals surface area contributed by atoms with Gasteiger partial charge in [0.05, 0.1) is 11.3 Å². The van der Waals surface area contributed by atoms with Crippen LogP contribution in [0.4, 0.5) is 10.3 Å². The predicted octanol–water partition coefficient (Wildman–Crippen LogP) is 4.96. The molecule has 0 amide bonds. The summed E-state index contributed by atoms with van der Waals surface area (Å²) >= 11 is 0. The minimum Gasteiger partial charge on any atom is -0.439 e. The van der Waals surface area contributed by atoms with Gasteiger partial charge in [-0.3, -0.25) is 4.90 Å². The lowest BCUT2D eigenvalue weighted by Crippen LogP contribution is -2.34. The second kappa shape index (κ2) is 9.02. The highest BCUT2D eigenvalue weighted by molar-refractivity contribution is 5.43. The van der Waals surface area contributed by atoms with Crippen LogP contribution in [-0.4, -0.2) is 34.5 Å². The molecule has 0 N–H and O–H groups in total. The first-order chi connectivity index (χ1) is 15.2. The molecule has 0 saturated carbocycles. The maximum atomic E-state index is 13.3. The van der Waals surface area contributed by atoms with Crippen LogP contribution in [-0.2, 0) is 19.5 Å². The van der Waals surface area contributed by atoms with Gasteiger partial charge < -0.3 is 9.64 Å². The van der Waals surface area contributed by atoms with Crippen molar-refractivity contribution in [3.05, 3.63) is 77.2 Å². The largest absolute Gasteiger partial charge is 0.439 e. The molecule has 0 radical (unpaired) electrons. The SMILES string of the molecule is Fc1ccc(CN2CCc3nc(N4CCCCC4)nc(Oc4ccccc4)c3C2)cc1. The average molecular weight is 419 g/mol. The Bertz CT molecular complexity index is 1020. The Morgan fingerprint density at radius 1 is 0.871 bits per heavy atom. The molecule has 2 aromatic carbocycles. The van der Waals surface area contributed by atoms with Crippen LogP contribution in [0.1, 0.15) is 36.1 Å². The van der Waals surface area contributed by atoms with E-state index in [4.69, 9.17) is 14.7 Å². The second-order valence-corrected chi connectivity index (χ2v) is 8.30. The fourth-order valence-electron chi connectivity index (χ4n) is 4.33. The summed E-state index contributed by atoms with van der Waals surface area (Å²) in [6, 6.07) is 16.6. The summed E-state index contributed by atoms with van der Waals surface area (Å²) in [7, 11) is 0. The van der Waals surface area contributed by atoms with Crippen LogP contribution < -0.4 is 9.64 Å². The smallest absolute Gasteiger partial charge is 0.228 e. The minimum atomic E-state index is -0.204. The predicted molar refractivity (Wildman–Crippen MR) is 119 cm³/mol. The maximum Gasteiger partial charge on any atom is 0.228 e. The lowest BCUT2D eigenvalue weighted by molar-refractivity contribution is 0.238. The van der Waals surface area contributed by atoms with Gasteiger partial charge in [-0.25, -0.2) is 9.37 Å². The van der Waals surface area contributed by atoms with Crippen molar-refractivity contribution >= 4 is 5.95 Å². The molecule has 0 spiro atoms. The number of benzene rings is 2. The van der Waals surface area contributed by atoms with Gasteiger partial charge in [0.25, 0.3) is 0 Å². The van der Waals surface area contributed by atoms with E-state index in [1.165, 1.54) is 31.4 Å². The lowest BCUT2D eigenvalue weighted by Gasteiger charge is -2.32. The monoisotopic (exact) mass is 418 g/mol. The van der Waals surface area contributed by atoms with Gasteiger partial charge in [0.2, 0.25) is 11.8 Å². The summed E-state index contributed by atoms with van der Waals surface area (Å²) in [5, 5.41) is 0. The van der Waals surface area contributed by atoms with E-state index in [9.17, 15) is 4.39 Å². The number of hydrogen-bond donors (Lipinski definition) is 0. The van der Waals surface area contributed by atoms with Gasteiger partial charge in [-0.15, -0.1) is 0 Å². The van der Waals surface area contributed by atoms with Crippen LogP contribution >= 0.6 is 0 Å². The summed E-state index contributed by atoms with van der Waals surface area (Å²) < 4.78 is 19.5. The third kappa shape index (κ3) is 4.69. The third-order valence-corrected chi connectivity index (χ3v) is 6.01. The van der Waals surface area contributed by atoms with Crippen molar-refractivity contribution in [2.75, 3.05) is 24.5 Å². The maximum absolute atomic E-state index is 13.3. The lowest BCUT2D eigenvalue weighted by atomic mass is 10.1. The topological polar surface area (TPSA) is 41.5 Å². The van der Waals surface area contributed by atoms with Gasteiger partial charge >= 0.3 is 0 Å². The van der Waals surface area contributed by atoms with E-state index in [-0.39, 0.29) is 5.82 Å². The van der Waals surface area contributed by atoms with Crippen LogP contribution in [0.25, 0.3) is 0 Å². The summed E-state index contributed by atoms with van der Waals surface area (Å²) in [6.07, 6.45) is 4.49. The molecular formula is C25H27FN4O. The van der Waals surface area contributed by atoms with Crippen molar-refractivity contribution in [1.82, 2.24) is 14.9 Å². The molecule has 1 aromatic heterocycles. The van der Waals surface area contributed by atoms with Gasteiger partial charge in [0.15, 0.2) is 0 Å². The summed E-state index contributed by atoms with van der Waals surface area (Å²) in [5.74, 6) is 2.02. The Balaban J connectivity index is 1.43. The molecule has 0 atom stereocenters. The number of rotatable bonds is 5. The van der Waals surface area contributed by atoms with Crippen molar-refractivity contribution in [2.24, 2.45) is 0 Å². The van der Waals surface area contributed by atoms with Crippen molar-refractivity contribution in [3.63, 3.8) is 0 Å². The number of hydrogen-bond acceptors (Lipinski definition) is 5. The number of aromatic nitrogens is 2. The number of halogens is 1. The van der Waals surface area contributed by atoms with Crippen molar-refractivity contribution in [1.29, 1.82) is 0 Å². The van der Waals surface area contributed by atoms with E-state index in [1.54, 1.807) is 0 Å². The first-order valence-electron chi connectivity index (χ1n) is 11.1. The number of piperidine rings is 1. The van der Waals surface area contributed by atoms with Crippen molar-refractivity contribution in [2.45, 2.75) is 38.8 Å². The quantitative estimate of drug-likeness (QED) is 0.586. The zero-order valence-electron chi connectivity index (χ0n) is 17.6. The van der Waals surface area contributed by atoms with E-state index >= 15 is 0 Å². The van der Waals surface area contributed by atoms with Gasteiger partial charge in [-0.1, -0.05) is 30.3 Å². The van der Waals surface area contributed by atoms with Crippen LogP contribution in [0.2, 0.25) is 0 Å². The number of fused-ring (bicyclic) bond motifs is 1. The number of ether oxygens (including phenoxy) is 1. The molecule has 1 fully saturated rings. The molecule has 1 saturated heterocycles. The average Bonchev–Trinajstić information content (AvgIpc) is 2.82. The molecule has 5 rings (SSSR count). The second-order valence-electron chi connectivity index (χ2n) is 8.30. The Morgan fingerprint density at radius 3 is 2.42 bits per heavy atom. The van der Waals surface area contributed by atoms with Gasteiger partial charge in [0, 0.05) is 39.1 Å². The van der Waals surface area contributed by atoms with E-state index < -0.39 is 0 Å². The van der Waals surface area contributed by atoms with Gasteiger partial charge in [0.1, 0.15) is 11.6 Å². The van der Waals surface area contributed by atoms with Crippen LogP contribution in [0.3, 0.4) is 0 Å². The van der Waals surface area contributed by atoms with Gasteiger partial charge in [-0.05, 0) is 49.1 Å².